The van der Waals surface area contributed by atoms with E-state index in [0.29, 0.717) is 0 Å². The minimum Gasteiger partial charge on any atom is -0.314 e. The molecule has 1 saturated carbocycles. The monoisotopic (exact) mass is 167 g/mol. The standard InChI is InChI=1S/C11H21N/c1-8(2)7-11-10(5-6-12-11)9-3-4-9/h8-12H,3-7H2,1-2H3. The zero-order valence-corrected chi connectivity index (χ0v) is 8.34. The van der Waals surface area contributed by atoms with Crippen molar-refractivity contribution >= 4 is 0 Å². The highest BCUT2D eigenvalue weighted by Crippen LogP contribution is 2.43. The van der Waals surface area contributed by atoms with Crippen LogP contribution in [0.1, 0.15) is 39.5 Å². The van der Waals surface area contributed by atoms with E-state index in [4.69, 9.17) is 0 Å². The van der Waals surface area contributed by atoms with Crippen LogP contribution >= 0.6 is 0 Å². The summed E-state index contributed by atoms with van der Waals surface area (Å²) in [5.41, 5.74) is 0. The fourth-order valence-corrected chi connectivity index (χ4v) is 2.64. The maximum atomic E-state index is 3.66. The third-order valence-electron chi connectivity index (χ3n) is 3.35. The van der Waals surface area contributed by atoms with Gasteiger partial charge in [-0.1, -0.05) is 13.8 Å². The molecule has 2 atom stereocenters. The minimum atomic E-state index is 0.859. The molecule has 0 amide bonds. The molecule has 2 unspecified atom stereocenters. The maximum Gasteiger partial charge on any atom is 0.0101 e. The van der Waals surface area contributed by atoms with Crippen molar-refractivity contribution in [2.45, 2.75) is 45.6 Å². The van der Waals surface area contributed by atoms with E-state index >= 15 is 0 Å². The zero-order chi connectivity index (χ0) is 8.55. The summed E-state index contributed by atoms with van der Waals surface area (Å²) in [6.07, 6.45) is 5.87. The summed E-state index contributed by atoms with van der Waals surface area (Å²) >= 11 is 0. The summed E-state index contributed by atoms with van der Waals surface area (Å²) in [6, 6.07) is 0.859. The minimum absolute atomic E-state index is 0.859. The zero-order valence-electron chi connectivity index (χ0n) is 8.34. The van der Waals surface area contributed by atoms with Gasteiger partial charge in [-0.05, 0) is 50.0 Å². The molecule has 1 aliphatic carbocycles. The van der Waals surface area contributed by atoms with Gasteiger partial charge < -0.3 is 5.32 Å². The van der Waals surface area contributed by atoms with E-state index in [1.807, 2.05) is 0 Å². The SMILES string of the molecule is CC(C)CC1NCCC1C1CC1. The van der Waals surface area contributed by atoms with Crippen LogP contribution in [0.15, 0.2) is 0 Å². The van der Waals surface area contributed by atoms with Crippen LogP contribution in [0.25, 0.3) is 0 Å². The summed E-state index contributed by atoms with van der Waals surface area (Å²) in [6.45, 7) is 5.95. The fraction of sp³-hybridized carbons (Fsp3) is 1.00. The Morgan fingerprint density at radius 3 is 2.58 bits per heavy atom. The van der Waals surface area contributed by atoms with Gasteiger partial charge in [-0.15, -0.1) is 0 Å². The fourth-order valence-electron chi connectivity index (χ4n) is 2.64. The van der Waals surface area contributed by atoms with Crippen LogP contribution in [0.2, 0.25) is 0 Å². The van der Waals surface area contributed by atoms with E-state index in [1.54, 1.807) is 0 Å². The molecule has 2 fully saturated rings. The van der Waals surface area contributed by atoms with Crippen molar-refractivity contribution in [2.75, 3.05) is 6.54 Å². The second-order valence-corrected chi connectivity index (χ2v) is 4.98. The van der Waals surface area contributed by atoms with Gasteiger partial charge in [0.15, 0.2) is 0 Å². The average Bonchev–Trinajstić information content (AvgIpc) is 2.73. The smallest absolute Gasteiger partial charge is 0.0101 e. The Kier molecular flexibility index (Phi) is 2.40. The molecule has 1 aliphatic heterocycles. The van der Waals surface area contributed by atoms with Gasteiger partial charge >= 0.3 is 0 Å². The molecule has 0 spiro atoms. The van der Waals surface area contributed by atoms with Crippen LogP contribution in [0.3, 0.4) is 0 Å². The molecule has 2 rings (SSSR count). The highest BCUT2D eigenvalue weighted by Gasteiger charge is 2.38. The van der Waals surface area contributed by atoms with Gasteiger partial charge in [0, 0.05) is 6.04 Å². The molecule has 0 bridgehead atoms. The molecule has 0 aromatic carbocycles. The van der Waals surface area contributed by atoms with E-state index in [2.05, 4.69) is 19.2 Å². The van der Waals surface area contributed by atoms with Crippen LogP contribution in [0.5, 0.6) is 0 Å². The van der Waals surface area contributed by atoms with Gasteiger partial charge in [-0.3, -0.25) is 0 Å². The quantitative estimate of drug-likeness (QED) is 0.680. The highest BCUT2D eigenvalue weighted by molar-refractivity contribution is 4.93. The molecule has 1 N–H and O–H groups in total. The van der Waals surface area contributed by atoms with E-state index < -0.39 is 0 Å². The molecule has 12 heavy (non-hydrogen) atoms. The van der Waals surface area contributed by atoms with Gasteiger partial charge in [0.25, 0.3) is 0 Å². The van der Waals surface area contributed by atoms with Crippen LogP contribution in [0.4, 0.5) is 0 Å². The van der Waals surface area contributed by atoms with Crippen LogP contribution in [-0.4, -0.2) is 12.6 Å². The molecule has 0 aromatic rings. The molecule has 1 saturated heterocycles. The summed E-state index contributed by atoms with van der Waals surface area (Å²) in [5.74, 6) is 3.00. The predicted molar refractivity (Wildman–Crippen MR) is 52.1 cm³/mol. The average molecular weight is 167 g/mol. The Hall–Kier alpha value is -0.0400. The summed E-state index contributed by atoms with van der Waals surface area (Å²) in [5, 5.41) is 3.66. The lowest BCUT2D eigenvalue weighted by Gasteiger charge is -2.20. The third kappa shape index (κ3) is 1.82. The van der Waals surface area contributed by atoms with Crippen molar-refractivity contribution in [1.82, 2.24) is 5.32 Å². The molecule has 1 nitrogen and oxygen atoms in total. The van der Waals surface area contributed by atoms with Crippen molar-refractivity contribution in [3.05, 3.63) is 0 Å². The largest absolute Gasteiger partial charge is 0.314 e. The van der Waals surface area contributed by atoms with E-state index in [-0.39, 0.29) is 0 Å². The first-order chi connectivity index (χ1) is 5.77. The lowest BCUT2D eigenvalue weighted by Crippen LogP contribution is -2.29. The van der Waals surface area contributed by atoms with E-state index in [1.165, 1.54) is 32.2 Å². The topological polar surface area (TPSA) is 12.0 Å². The van der Waals surface area contributed by atoms with Crippen LogP contribution in [-0.2, 0) is 0 Å². The Labute approximate surface area is 75.9 Å². The lowest BCUT2D eigenvalue weighted by atomic mass is 9.89. The molecular formula is C11H21N. The first kappa shape index (κ1) is 8.55. The van der Waals surface area contributed by atoms with Crippen molar-refractivity contribution in [1.29, 1.82) is 0 Å². The van der Waals surface area contributed by atoms with Gasteiger partial charge in [0.1, 0.15) is 0 Å². The Morgan fingerprint density at radius 2 is 2.00 bits per heavy atom. The van der Waals surface area contributed by atoms with E-state index in [0.717, 1.165) is 23.8 Å². The van der Waals surface area contributed by atoms with E-state index in [9.17, 15) is 0 Å². The van der Waals surface area contributed by atoms with Gasteiger partial charge in [-0.25, -0.2) is 0 Å². The maximum absolute atomic E-state index is 3.66. The van der Waals surface area contributed by atoms with Gasteiger partial charge in [0.05, 0.1) is 0 Å². The number of hydrogen-bond acceptors (Lipinski definition) is 1. The number of hydrogen-bond donors (Lipinski definition) is 1. The van der Waals surface area contributed by atoms with Crippen LogP contribution < -0.4 is 5.32 Å². The van der Waals surface area contributed by atoms with Gasteiger partial charge in [-0.2, -0.15) is 0 Å². The second kappa shape index (κ2) is 3.37. The van der Waals surface area contributed by atoms with Crippen molar-refractivity contribution in [3.8, 4) is 0 Å². The lowest BCUT2D eigenvalue weighted by molar-refractivity contribution is 0.346. The third-order valence-corrected chi connectivity index (χ3v) is 3.35. The molecule has 0 radical (unpaired) electrons. The molecule has 70 valence electrons. The van der Waals surface area contributed by atoms with Crippen LogP contribution in [0, 0.1) is 17.8 Å². The van der Waals surface area contributed by atoms with Gasteiger partial charge in [0.2, 0.25) is 0 Å². The molecule has 2 aliphatic rings. The number of nitrogens with one attached hydrogen (secondary N) is 1. The normalized spacial score (nSPS) is 36.2. The predicted octanol–water partition coefficient (Wildman–Crippen LogP) is 2.42. The molecule has 1 heteroatoms. The van der Waals surface area contributed by atoms with Crippen molar-refractivity contribution in [2.24, 2.45) is 17.8 Å². The van der Waals surface area contributed by atoms with Crippen molar-refractivity contribution < 1.29 is 0 Å². The highest BCUT2D eigenvalue weighted by atomic mass is 15.0. The first-order valence-electron chi connectivity index (χ1n) is 5.50. The summed E-state index contributed by atoms with van der Waals surface area (Å²) < 4.78 is 0. The summed E-state index contributed by atoms with van der Waals surface area (Å²) in [7, 11) is 0. The molecule has 0 aromatic heterocycles. The number of rotatable bonds is 3. The van der Waals surface area contributed by atoms with Crippen molar-refractivity contribution in [3.63, 3.8) is 0 Å². The Bertz CT molecular complexity index is 149. The molecular weight excluding hydrogens is 146 g/mol. The second-order valence-electron chi connectivity index (χ2n) is 4.98. The first-order valence-corrected chi connectivity index (χ1v) is 5.50. The summed E-state index contributed by atoms with van der Waals surface area (Å²) in [4.78, 5) is 0. The Balaban J connectivity index is 1.85. The molecule has 1 heterocycles. The Morgan fingerprint density at radius 1 is 1.25 bits per heavy atom.